The van der Waals surface area contributed by atoms with E-state index in [-0.39, 0.29) is 23.6 Å². The molecule has 2 unspecified atom stereocenters. The summed E-state index contributed by atoms with van der Waals surface area (Å²) in [5, 5.41) is 14.2. The Bertz CT molecular complexity index is 1750. The third-order valence-corrected chi connectivity index (χ3v) is 8.83. The standard InChI is InChI=1S/C31H36N6O5S/c1-19(2)18-43(40,41)36-27-9-5-7-24-23(27)11-10-21(4)28(24)42-29-25(8-6-13-32-29)26-12-14-33-30(35-26)34-22-15-20(3)16-37(17-22)31(38)39/h5-14,19-20,22,36H,15-18H2,1-4H3,(H,38,39)(H,33,34,35). The lowest BCUT2D eigenvalue weighted by Crippen LogP contribution is -2.47. The third kappa shape index (κ3) is 7.14. The second kappa shape index (κ2) is 12.4. The number of benzene rings is 2. The number of hydrogen-bond acceptors (Lipinski definition) is 8. The van der Waals surface area contributed by atoms with Crippen LogP contribution in [0.25, 0.3) is 22.0 Å². The Kier molecular flexibility index (Phi) is 8.67. The molecule has 11 nitrogen and oxygen atoms in total. The average molecular weight is 605 g/mol. The number of likely N-dealkylation sites (tertiary alicyclic amines) is 1. The van der Waals surface area contributed by atoms with Crippen LogP contribution in [0.1, 0.15) is 32.8 Å². The van der Waals surface area contributed by atoms with Gasteiger partial charge in [-0.05, 0) is 55.0 Å². The number of carbonyl (C=O) groups is 1. The van der Waals surface area contributed by atoms with E-state index in [1.165, 1.54) is 4.90 Å². The summed E-state index contributed by atoms with van der Waals surface area (Å²) in [4.78, 5) is 26.6. The number of fused-ring (bicyclic) bond motifs is 1. The molecule has 0 bridgehead atoms. The van der Waals surface area contributed by atoms with E-state index in [2.05, 4.69) is 20.0 Å². The minimum absolute atomic E-state index is 0.0145. The molecule has 0 radical (unpaired) electrons. The highest BCUT2D eigenvalue weighted by Crippen LogP contribution is 2.39. The quantitative estimate of drug-likeness (QED) is 0.210. The molecule has 3 N–H and O–H groups in total. The maximum Gasteiger partial charge on any atom is 0.407 e. The molecule has 1 saturated heterocycles. The smallest absolute Gasteiger partial charge is 0.407 e. The average Bonchev–Trinajstić information content (AvgIpc) is 2.94. The zero-order valence-electron chi connectivity index (χ0n) is 24.6. The summed E-state index contributed by atoms with van der Waals surface area (Å²) < 4.78 is 34.6. The highest BCUT2D eigenvalue weighted by molar-refractivity contribution is 7.92. The van der Waals surface area contributed by atoms with Crippen molar-refractivity contribution in [1.29, 1.82) is 0 Å². The van der Waals surface area contributed by atoms with Crippen molar-refractivity contribution < 1.29 is 23.1 Å². The van der Waals surface area contributed by atoms with Gasteiger partial charge in [-0.15, -0.1) is 0 Å². The number of hydrogen-bond donors (Lipinski definition) is 3. The fourth-order valence-corrected chi connectivity index (χ4v) is 6.92. The Morgan fingerprint density at radius 1 is 1.07 bits per heavy atom. The van der Waals surface area contributed by atoms with Crippen LogP contribution >= 0.6 is 0 Å². The molecule has 43 heavy (non-hydrogen) atoms. The molecule has 2 atom stereocenters. The molecule has 1 fully saturated rings. The number of piperidine rings is 1. The van der Waals surface area contributed by atoms with Crippen LogP contribution in [0.15, 0.2) is 60.9 Å². The first kappa shape index (κ1) is 30.0. The third-order valence-electron chi connectivity index (χ3n) is 7.19. The van der Waals surface area contributed by atoms with Crippen molar-refractivity contribution in [3.8, 4) is 22.9 Å². The number of sulfonamides is 1. The van der Waals surface area contributed by atoms with Gasteiger partial charge in [-0.2, -0.15) is 0 Å². The topological polar surface area (TPSA) is 147 Å². The van der Waals surface area contributed by atoms with Crippen LogP contribution in [0.2, 0.25) is 0 Å². The number of nitrogens with zero attached hydrogens (tertiary/aromatic N) is 4. The van der Waals surface area contributed by atoms with Gasteiger partial charge in [-0.1, -0.05) is 45.0 Å². The maximum absolute atomic E-state index is 12.7. The number of nitrogens with one attached hydrogen (secondary N) is 2. The molecule has 1 aliphatic heterocycles. The van der Waals surface area contributed by atoms with Gasteiger partial charge in [-0.3, -0.25) is 4.72 Å². The number of rotatable bonds is 9. The number of carboxylic acid groups (broad SMARTS) is 1. The van der Waals surface area contributed by atoms with Gasteiger partial charge in [0.05, 0.1) is 22.7 Å². The maximum atomic E-state index is 12.7. The van der Waals surface area contributed by atoms with Crippen LogP contribution in [0, 0.1) is 18.8 Å². The number of pyridine rings is 1. The SMILES string of the molecule is Cc1ccc2c(NS(=O)(=O)CC(C)C)cccc2c1Oc1ncccc1-c1ccnc(NC2CC(C)CN(C(=O)O)C2)n1. The Labute approximate surface area is 251 Å². The molecule has 3 heterocycles. The van der Waals surface area contributed by atoms with Gasteiger partial charge in [0.1, 0.15) is 5.75 Å². The van der Waals surface area contributed by atoms with Gasteiger partial charge in [0.25, 0.3) is 0 Å². The van der Waals surface area contributed by atoms with Gasteiger partial charge < -0.3 is 20.1 Å². The lowest BCUT2D eigenvalue weighted by Gasteiger charge is -2.35. The fraction of sp³-hybridized carbons (Fsp3) is 0.355. The molecule has 2 aromatic heterocycles. The predicted molar refractivity (Wildman–Crippen MR) is 167 cm³/mol. The Hall–Kier alpha value is -4.45. The molecular formula is C31H36N6O5S. The molecule has 4 aromatic rings. The van der Waals surface area contributed by atoms with Crippen LogP contribution in [-0.2, 0) is 10.0 Å². The summed E-state index contributed by atoms with van der Waals surface area (Å²) in [6.45, 7) is 8.53. The van der Waals surface area contributed by atoms with Crippen molar-refractivity contribution in [2.45, 2.75) is 40.2 Å². The summed E-state index contributed by atoms with van der Waals surface area (Å²) >= 11 is 0. The van der Waals surface area contributed by atoms with Crippen molar-refractivity contribution in [2.75, 3.05) is 28.9 Å². The van der Waals surface area contributed by atoms with Crippen molar-refractivity contribution in [3.05, 3.63) is 66.5 Å². The normalized spacial score (nSPS) is 17.2. The van der Waals surface area contributed by atoms with Crippen molar-refractivity contribution in [3.63, 3.8) is 0 Å². The van der Waals surface area contributed by atoms with Crippen molar-refractivity contribution >= 4 is 38.5 Å². The minimum Gasteiger partial charge on any atom is -0.465 e. The zero-order valence-corrected chi connectivity index (χ0v) is 25.4. The summed E-state index contributed by atoms with van der Waals surface area (Å²) in [6, 6.07) is 14.5. The Balaban J connectivity index is 1.45. The second-order valence-corrected chi connectivity index (χ2v) is 13.2. The monoisotopic (exact) mass is 604 g/mol. The highest BCUT2D eigenvalue weighted by atomic mass is 32.2. The molecule has 5 rings (SSSR count). The minimum atomic E-state index is -3.53. The van der Waals surface area contributed by atoms with E-state index in [4.69, 9.17) is 9.72 Å². The molecule has 226 valence electrons. The van der Waals surface area contributed by atoms with E-state index in [0.29, 0.717) is 53.0 Å². The lowest BCUT2D eigenvalue weighted by atomic mass is 9.96. The molecule has 12 heteroatoms. The van der Waals surface area contributed by atoms with Crippen molar-refractivity contribution in [1.82, 2.24) is 19.9 Å². The van der Waals surface area contributed by atoms with E-state index in [0.717, 1.165) is 17.4 Å². The summed E-state index contributed by atoms with van der Waals surface area (Å²) in [5.74, 6) is 1.48. The van der Waals surface area contributed by atoms with Gasteiger partial charge >= 0.3 is 6.09 Å². The predicted octanol–water partition coefficient (Wildman–Crippen LogP) is 5.99. The highest BCUT2D eigenvalue weighted by Gasteiger charge is 2.28. The lowest BCUT2D eigenvalue weighted by molar-refractivity contribution is 0.119. The molecule has 2 aromatic carbocycles. The van der Waals surface area contributed by atoms with Crippen LogP contribution < -0.4 is 14.8 Å². The summed E-state index contributed by atoms with van der Waals surface area (Å²) in [6.07, 6.45) is 3.14. The van der Waals surface area contributed by atoms with E-state index in [9.17, 15) is 18.3 Å². The molecular weight excluding hydrogens is 568 g/mol. The largest absolute Gasteiger partial charge is 0.465 e. The molecule has 0 saturated carbocycles. The van der Waals surface area contributed by atoms with E-state index >= 15 is 0 Å². The second-order valence-electron chi connectivity index (χ2n) is 11.5. The summed E-state index contributed by atoms with van der Waals surface area (Å²) in [5.41, 5.74) is 2.56. The number of anilines is 2. The van der Waals surface area contributed by atoms with Crippen LogP contribution in [-0.4, -0.2) is 64.4 Å². The van der Waals surface area contributed by atoms with Crippen molar-refractivity contribution in [2.24, 2.45) is 11.8 Å². The molecule has 0 aliphatic carbocycles. The number of aryl methyl sites for hydroxylation is 1. The van der Waals surface area contributed by atoms with Crippen LogP contribution in [0.5, 0.6) is 11.6 Å². The first-order valence-electron chi connectivity index (χ1n) is 14.2. The van der Waals surface area contributed by atoms with E-state index < -0.39 is 16.1 Å². The Morgan fingerprint density at radius 2 is 1.88 bits per heavy atom. The zero-order chi connectivity index (χ0) is 30.7. The fourth-order valence-electron chi connectivity index (χ4n) is 5.45. The van der Waals surface area contributed by atoms with E-state index in [1.54, 1.807) is 36.7 Å². The first-order valence-corrected chi connectivity index (χ1v) is 15.9. The molecule has 1 amide bonds. The van der Waals surface area contributed by atoms with Crippen LogP contribution in [0.3, 0.4) is 0 Å². The van der Waals surface area contributed by atoms with Gasteiger partial charge in [0.15, 0.2) is 0 Å². The molecule has 1 aliphatic rings. The van der Waals surface area contributed by atoms with Gasteiger partial charge in [-0.25, -0.2) is 28.2 Å². The molecule has 0 spiro atoms. The van der Waals surface area contributed by atoms with E-state index in [1.807, 2.05) is 52.0 Å². The first-order chi connectivity index (χ1) is 20.5. The Morgan fingerprint density at radius 3 is 2.65 bits per heavy atom. The van der Waals surface area contributed by atoms with Gasteiger partial charge in [0, 0.05) is 42.3 Å². The number of ether oxygens (including phenoxy) is 1. The number of amides is 1. The van der Waals surface area contributed by atoms with Crippen LogP contribution in [0.4, 0.5) is 16.4 Å². The number of aromatic nitrogens is 3. The summed E-state index contributed by atoms with van der Waals surface area (Å²) in [7, 11) is -3.53. The van der Waals surface area contributed by atoms with Gasteiger partial charge in [0.2, 0.25) is 21.9 Å².